The Hall–Kier alpha value is -4.19. The molecule has 0 bridgehead atoms. The molecule has 0 fully saturated rings. The summed E-state index contributed by atoms with van der Waals surface area (Å²) in [7, 11) is 0. The van der Waals surface area contributed by atoms with Crippen molar-refractivity contribution in [3.8, 4) is 0 Å². The van der Waals surface area contributed by atoms with Gasteiger partial charge in [-0.05, 0) is 73.7 Å². The van der Waals surface area contributed by atoms with Crippen LogP contribution < -0.4 is 16.0 Å². The molecule has 3 rings (SSSR count). The van der Waals surface area contributed by atoms with Gasteiger partial charge in [-0.25, -0.2) is 4.99 Å². The lowest BCUT2D eigenvalue weighted by molar-refractivity contribution is -0.115. The number of carbonyl (C=O) groups excluding carboxylic acids is 2. The maximum atomic E-state index is 12.6. The van der Waals surface area contributed by atoms with Crippen molar-refractivity contribution < 1.29 is 9.59 Å². The van der Waals surface area contributed by atoms with Gasteiger partial charge in [0.15, 0.2) is 0 Å². The average molecular weight is 497 g/mol. The quantitative estimate of drug-likeness (QED) is 0.341. The number of nitrogens with one attached hydrogen (secondary N) is 3. The Balaban J connectivity index is 1.68. The molecular formula is C31H36N4O2. The maximum Gasteiger partial charge on any atom is 0.247 e. The van der Waals surface area contributed by atoms with Crippen LogP contribution in [0, 0.1) is 5.92 Å². The summed E-state index contributed by atoms with van der Waals surface area (Å²) in [6.45, 7) is 14.2. The highest BCUT2D eigenvalue weighted by Gasteiger charge is 2.20. The van der Waals surface area contributed by atoms with E-state index >= 15 is 0 Å². The number of aliphatic imine (C=N–C) groups is 1. The first-order chi connectivity index (χ1) is 17.7. The lowest BCUT2D eigenvalue weighted by Gasteiger charge is -2.10. The minimum atomic E-state index is -0.272. The second-order valence-electron chi connectivity index (χ2n) is 9.43. The summed E-state index contributed by atoms with van der Waals surface area (Å²) in [4.78, 5) is 28.7. The van der Waals surface area contributed by atoms with Gasteiger partial charge in [0.1, 0.15) is 5.84 Å². The SMILES string of the molecule is C=CC(=O)Nc1ccc(CC(=O)Nc2ccc(C3=CC(=C(/C)C(C)C)/C(=N\C=C(/C)CC)N3)cc2)cc1. The van der Waals surface area contributed by atoms with Crippen LogP contribution in [0.4, 0.5) is 11.4 Å². The zero-order chi connectivity index (χ0) is 26.9. The molecule has 0 radical (unpaired) electrons. The van der Waals surface area contributed by atoms with Crippen molar-refractivity contribution in [2.75, 3.05) is 10.6 Å². The van der Waals surface area contributed by atoms with Crippen LogP contribution in [0.3, 0.4) is 0 Å². The Labute approximate surface area is 220 Å². The van der Waals surface area contributed by atoms with E-state index in [0.29, 0.717) is 11.6 Å². The van der Waals surface area contributed by atoms with Crippen LogP contribution >= 0.6 is 0 Å². The van der Waals surface area contributed by atoms with Gasteiger partial charge in [-0.3, -0.25) is 9.59 Å². The number of anilines is 2. The highest BCUT2D eigenvalue weighted by molar-refractivity contribution is 6.12. The van der Waals surface area contributed by atoms with E-state index in [2.05, 4.69) is 63.2 Å². The molecular weight excluding hydrogens is 460 g/mol. The normalized spacial score (nSPS) is 15.8. The lowest BCUT2D eigenvalue weighted by Crippen LogP contribution is -2.18. The molecule has 0 spiro atoms. The molecule has 1 aliphatic heterocycles. The Kier molecular flexibility index (Phi) is 9.39. The number of allylic oxidation sites excluding steroid dienone is 2. The van der Waals surface area contributed by atoms with Gasteiger partial charge >= 0.3 is 0 Å². The van der Waals surface area contributed by atoms with Crippen LogP contribution in [0.25, 0.3) is 5.70 Å². The molecule has 2 aromatic rings. The molecule has 6 heteroatoms. The fraction of sp³-hybridized carbons (Fsp3) is 0.258. The molecule has 0 aliphatic carbocycles. The summed E-state index contributed by atoms with van der Waals surface area (Å²) in [5.74, 6) is 0.890. The molecule has 1 heterocycles. The number of nitrogens with zero attached hydrogens (tertiary/aromatic N) is 1. The van der Waals surface area contributed by atoms with Crippen LogP contribution in [0.5, 0.6) is 0 Å². The molecule has 37 heavy (non-hydrogen) atoms. The summed E-state index contributed by atoms with van der Waals surface area (Å²) >= 11 is 0. The van der Waals surface area contributed by atoms with E-state index in [1.165, 1.54) is 17.2 Å². The van der Waals surface area contributed by atoms with Gasteiger partial charge in [-0.2, -0.15) is 0 Å². The molecule has 192 valence electrons. The number of amides is 2. The lowest BCUT2D eigenvalue weighted by atomic mass is 9.98. The molecule has 2 aromatic carbocycles. The Morgan fingerprint density at radius 1 is 1.00 bits per heavy atom. The first-order valence-electron chi connectivity index (χ1n) is 12.6. The third-order valence-corrected chi connectivity index (χ3v) is 6.31. The van der Waals surface area contributed by atoms with Crippen molar-refractivity contribution in [1.82, 2.24) is 5.32 Å². The standard InChI is InChI=1S/C31H36N4O2/c1-7-21(5)19-32-31-27(22(6)20(3)4)18-28(35-31)24-11-15-26(16-12-24)34-30(37)17-23-9-13-25(14-10-23)33-29(36)8-2/h8-16,18-20H,2,7,17H2,1,3-6H3,(H,32,35)(H,33,36)(H,34,37)/b21-19+,27-22+. The average Bonchev–Trinajstić information content (AvgIpc) is 3.32. The number of carbonyl (C=O) groups is 2. The minimum Gasteiger partial charge on any atom is -0.339 e. The molecule has 0 saturated carbocycles. The van der Waals surface area contributed by atoms with Crippen molar-refractivity contribution in [2.45, 2.75) is 47.5 Å². The Morgan fingerprint density at radius 3 is 2.22 bits per heavy atom. The Bertz CT molecular complexity index is 1280. The van der Waals surface area contributed by atoms with Gasteiger partial charge in [0.2, 0.25) is 11.8 Å². The van der Waals surface area contributed by atoms with Gasteiger partial charge in [-0.15, -0.1) is 0 Å². The van der Waals surface area contributed by atoms with Crippen LogP contribution in [0.15, 0.2) is 95.2 Å². The number of hydrogen-bond acceptors (Lipinski definition) is 3. The highest BCUT2D eigenvalue weighted by atomic mass is 16.2. The molecule has 0 saturated heterocycles. The summed E-state index contributed by atoms with van der Waals surface area (Å²) in [5, 5.41) is 9.12. The smallest absolute Gasteiger partial charge is 0.247 e. The highest BCUT2D eigenvalue weighted by Crippen LogP contribution is 2.27. The minimum absolute atomic E-state index is 0.112. The summed E-state index contributed by atoms with van der Waals surface area (Å²) < 4.78 is 0. The predicted octanol–water partition coefficient (Wildman–Crippen LogP) is 6.62. The molecule has 0 atom stereocenters. The van der Waals surface area contributed by atoms with Crippen molar-refractivity contribution in [3.05, 3.63) is 101 Å². The van der Waals surface area contributed by atoms with E-state index in [4.69, 9.17) is 4.99 Å². The summed E-state index contributed by atoms with van der Waals surface area (Å²) in [6, 6.07) is 15.0. The van der Waals surface area contributed by atoms with E-state index in [-0.39, 0.29) is 18.2 Å². The van der Waals surface area contributed by atoms with Crippen LogP contribution in [-0.2, 0) is 16.0 Å². The number of amidine groups is 1. The number of rotatable bonds is 9. The van der Waals surface area contributed by atoms with Gasteiger partial charge in [0.05, 0.1) is 6.42 Å². The maximum absolute atomic E-state index is 12.6. The first kappa shape index (κ1) is 27.4. The van der Waals surface area contributed by atoms with Crippen LogP contribution in [0.1, 0.15) is 52.2 Å². The van der Waals surface area contributed by atoms with Crippen LogP contribution in [-0.4, -0.2) is 17.6 Å². The second-order valence-corrected chi connectivity index (χ2v) is 9.43. The molecule has 3 N–H and O–H groups in total. The zero-order valence-electron chi connectivity index (χ0n) is 22.3. The first-order valence-corrected chi connectivity index (χ1v) is 12.6. The van der Waals surface area contributed by atoms with E-state index in [1.54, 1.807) is 12.1 Å². The van der Waals surface area contributed by atoms with Crippen molar-refractivity contribution >= 4 is 34.7 Å². The topological polar surface area (TPSA) is 82.6 Å². The summed E-state index contributed by atoms with van der Waals surface area (Å²) in [5.41, 5.74) is 7.87. The van der Waals surface area contributed by atoms with Crippen LogP contribution in [0.2, 0.25) is 0 Å². The third kappa shape index (κ3) is 7.64. The van der Waals surface area contributed by atoms with Gasteiger partial charge in [-0.1, -0.05) is 62.8 Å². The molecule has 0 aromatic heterocycles. The van der Waals surface area contributed by atoms with Gasteiger partial charge in [0, 0.05) is 28.8 Å². The molecule has 1 aliphatic rings. The van der Waals surface area contributed by atoms with E-state index in [1.807, 2.05) is 42.6 Å². The predicted molar refractivity (Wildman–Crippen MR) is 154 cm³/mol. The zero-order valence-corrected chi connectivity index (χ0v) is 22.3. The largest absolute Gasteiger partial charge is 0.339 e. The number of benzene rings is 2. The van der Waals surface area contributed by atoms with Crippen molar-refractivity contribution in [2.24, 2.45) is 10.9 Å². The van der Waals surface area contributed by atoms with E-state index < -0.39 is 0 Å². The molecule has 2 amide bonds. The fourth-order valence-electron chi connectivity index (χ4n) is 3.60. The van der Waals surface area contributed by atoms with Gasteiger partial charge in [0.25, 0.3) is 0 Å². The van der Waals surface area contributed by atoms with Gasteiger partial charge < -0.3 is 16.0 Å². The fourth-order valence-corrected chi connectivity index (χ4v) is 3.60. The Morgan fingerprint density at radius 2 is 1.62 bits per heavy atom. The number of hydrogen-bond donors (Lipinski definition) is 3. The van der Waals surface area contributed by atoms with E-state index in [9.17, 15) is 9.59 Å². The summed E-state index contributed by atoms with van der Waals surface area (Å²) in [6.07, 6.45) is 6.49. The van der Waals surface area contributed by atoms with Crippen molar-refractivity contribution in [3.63, 3.8) is 0 Å². The van der Waals surface area contributed by atoms with E-state index in [0.717, 1.165) is 40.3 Å². The monoisotopic (exact) mass is 496 g/mol. The third-order valence-electron chi connectivity index (χ3n) is 6.31. The molecule has 0 unspecified atom stereocenters. The van der Waals surface area contributed by atoms with Crippen molar-refractivity contribution in [1.29, 1.82) is 0 Å². The second kappa shape index (κ2) is 12.7. The molecule has 6 nitrogen and oxygen atoms in total.